The number of aromatic nitrogens is 4. The molecule has 4 rings (SSSR count). The summed E-state index contributed by atoms with van der Waals surface area (Å²) in [5.74, 6) is 1.66. The Morgan fingerprint density at radius 3 is 2.58 bits per heavy atom. The SMILES string of the molecule is COc1ccc(N2C(=O)CC2Cc2nnnn2Cc2ccccc2)cc1. The van der Waals surface area contributed by atoms with Crippen molar-refractivity contribution in [1.29, 1.82) is 0 Å². The lowest BCUT2D eigenvalue weighted by molar-refractivity contribution is -0.124. The summed E-state index contributed by atoms with van der Waals surface area (Å²) < 4.78 is 6.97. The zero-order valence-electron chi connectivity index (χ0n) is 14.4. The van der Waals surface area contributed by atoms with Crippen molar-refractivity contribution in [1.82, 2.24) is 20.2 Å². The number of rotatable bonds is 6. The number of carbonyl (C=O) groups excluding carboxylic acids is 1. The fourth-order valence-electron chi connectivity index (χ4n) is 3.20. The van der Waals surface area contributed by atoms with Gasteiger partial charge in [-0.2, -0.15) is 0 Å². The molecular formula is C19H19N5O2. The van der Waals surface area contributed by atoms with E-state index < -0.39 is 0 Å². The second-order valence-electron chi connectivity index (χ2n) is 6.26. The topological polar surface area (TPSA) is 73.1 Å². The molecule has 1 fully saturated rings. The third-order valence-electron chi connectivity index (χ3n) is 4.59. The van der Waals surface area contributed by atoms with Gasteiger partial charge in [-0.1, -0.05) is 30.3 Å². The highest BCUT2D eigenvalue weighted by atomic mass is 16.5. The number of hydrogen-bond acceptors (Lipinski definition) is 5. The van der Waals surface area contributed by atoms with Crippen LogP contribution < -0.4 is 9.64 Å². The Hall–Kier alpha value is -3.22. The lowest BCUT2D eigenvalue weighted by atomic mass is 9.97. The van der Waals surface area contributed by atoms with Crippen LogP contribution in [-0.2, 0) is 17.8 Å². The van der Waals surface area contributed by atoms with Crippen LogP contribution in [-0.4, -0.2) is 39.3 Å². The van der Waals surface area contributed by atoms with Crippen molar-refractivity contribution in [2.24, 2.45) is 0 Å². The van der Waals surface area contributed by atoms with Crippen LogP contribution in [0, 0.1) is 0 Å². The second kappa shape index (κ2) is 6.95. The largest absolute Gasteiger partial charge is 0.497 e. The van der Waals surface area contributed by atoms with Gasteiger partial charge in [0.05, 0.1) is 19.7 Å². The molecule has 1 aliphatic heterocycles. The molecule has 132 valence electrons. The Balaban J connectivity index is 1.49. The molecule has 7 heteroatoms. The fraction of sp³-hybridized carbons (Fsp3) is 0.263. The molecule has 0 aliphatic carbocycles. The smallest absolute Gasteiger partial charge is 0.229 e. The van der Waals surface area contributed by atoms with E-state index in [4.69, 9.17) is 4.74 Å². The molecule has 26 heavy (non-hydrogen) atoms. The third kappa shape index (κ3) is 3.15. The first-order valence-corrected chi connectivity index (χ1v) is 8.49. The number of nitrogens with zero attached hydrogens (tertiary/aromatic N) is 5. The van der Waals surface area contributed by atoms with Crippen LogP contribution in [0.15, 0.2) is 54.6 Å². The quantitative estimate of drug-likeness (QED) is 0.637. The molecule has 0 saturated carbocycles. The van der Waals surface area contributed by atoms with Crippen molar-refractivity contribution in [2.75, 3.05) is 12.0 Å². The summed E-state index contributed by atoms with van der Waals surface area (Å²) in [4.78, 5) is 13.9. The van der Waals surface area contributed by atoms with Crippen LogP contribution in [0.4, 0.5) is 5.69 Å². The first kappa shape index (κ1) is 16.3. The minimum absolute atomic E-state index is 0.0661. The summed E-state index contributed by atoms with van der Waals surface area (Å²) in [5, 5.41) is 12.1. The number of methoxy groups -OCH3 is 1. The number of anilines is 1. The highest BCUT2D eigenvalue weighted by Gasteiger charge is 2.38. The van der Waals surface area contributed by atoms with Gasteiger partial charge in [-0.3, -0.25) is 4.79 Å². The van der Waals surface area contributed by atoms with Crippen molar-refractivity contribution in [2.45, 2.75) is 25.4 Å². The fourth-order valence-corrected chi connectivity index (χ4v) is 3.20. The normalized spacial score (nSPS) is 16.4. The van der Waals surface area contributed by atoms with Crippen LogP contribution in [0.3, 0.4) is 0 Å². The summed E-state index contributed by atoms with van der Waals surface area (Å²) in [5.41, 5.74) is 2.01. The molecule has 1 unspecified atom stereocenters. The first-order valence-electron chi connectivity index (χ1n) is 8.49. The number of β-lactam (4-membered cyclic amide) rings is 1. The van der Waals surface area contributed by atoms with Crippen LogP contribution in [0.25, 0.3) is 0 Å². The minimum atomic E-state index is 0.0661. The number of carbonyl (C=O) groups is 1. The average molecular weight is 349 g/mol. The average Bonchev–Trinajstić information content (AvgIpc) is 3.09. The Labute approximate surface area is 151 Å². The molecule has 3 aromatic rings. The minimum Gasteiger partial charge on any atom is -0.497 e. The molecule has 1 amide bonds. The van der Waals surface area contributed by atoms with Gasteiger partial charge in [-0.05, 0) is 40.3 Å². The van der Waals surface area contributed by atoms with E-state index in [0.29, 0.717) is 19.4 Å². The van der Waals surface area contributed by atoms with E-state index >= 15 is 0 Å². The molecular weight excluding hydrogens is 330 g/mol. The summed E-state index contributed by atoms with van der Waals surface area (Å²) in [7, 11) is 1.62. The van der Waals surface area contributed by atoms with Crippen molar-refractivity contribution >= 4 is 11.6 Å². The summed E-state index contributed by atoms with van der Waals surface area (Å²) in [6.45, 7) is 0.617. The highest BCUT2D eigenvalue weighted by molar-refractivity contribution is 6.00. The van der Waals surface area contributed by atoms with E-state index in [-0.39, 0.29) is 11.9 Å². The lowest BCUT2D eigenvalue weighted by Gasteiger charge is -2.40. The monoisotopic (exact) mass is 349 g/mol. The number of ether oxygens (including phenoxy) is 1. The van der Waals surface area contributed by atoms with Gasteiger partial charge < -0.3 is 9.64 Å². The van der Waals surface area contributed by atoms with Gasteiger partial charge in [0.1, 0.15) is 5.75 Å². The zero-order valence-corrected chi connectivity index (χ0v) is 14.4. The molecule has 2 heterocycles. The van der Waals surface area contributed by atoms with Gasteiger partial charge in [0.2, 0.25) is 5.91 Å². The molecule has 0 spiro atoms. The number of amides is 1. The maximum atomic E-state index is 12.1. The Kier molecular flexibility index (Phi) is 4.35. The Morgan fingerprint density at radius 2 is 1.88 bits per heavy atom. The first-order chi connectivity index (χ1) is 12.7. The molecule has 0 bridgehead atoms. The highest BCUT2D eigenvalue weighted by Crippen LogP contribution is 2.30. The number of hydrogen-bond donors (Lipinski definition) is 0. The van der Waals surface area contributed by atoms with Gasteiger partial charge >= 0.3 is 0 Å². The van der Waals surface area contributed by atoms with E-state index in [9.17, 15) is 4.79 Å². The summed E-state index contributed by atoms with van der Waals surface area (Å²) >= 11 is 0. The molecule has 0 N–H and O–H groups in total. The van der Waals surface area contributed by atoms with E-state index in [1.807, 2.05) is 54.6 Å². The third-order valence-corrected chi connectivity index (χ3v) is 4.59. The van der Waals surface area contributed by atoms with E-state index in [2.05, 4.69) is 15.5 Å². The molecule has 1 aliphatic rings. The van der Waals surface area contributed by atoms with E-state index in [0.717, 1.165) is 22.8 Å². The van der Waals surface area contributed by atoms with Crippen molar-refractivity contribution in [3.8, 4) is 5.75 Å². The van der Waals surface area contributed by atoms with Gasteiger partial charge in [0.15, 0.2) is 5.82 Å². The molecule has 1 aromatic heterocycles. The molecule has 1 atom stereocenters. The zero-order chi connectivity index (χ0) is 17.9. The van der Waals surface area contributed by atoms with E-state index in [1.54, 1.807) is 16.7 Å². The molecule has 7 nitrogen and oxygen atoms in total. The number of tetrazole rings is 1. The summed E-state index contributed by atoms with van der Waals surface area (Å²) in [6.07, 6.45) is 1.13. The maximum Gasteiger partial charge on any atom is 0.229 e. The number of benzene rings is 2. The predicted octanol–water partition coefficient (Wildman–Crippen LogP) is 2.08. The predicted molar refractivity (Wildman–Crippen MR) is 96.0 cm³/mol. The lowest BCUT2D eigenvalue weighted by Crippen LogP contribution is -2.54. The standard InChI is InChI=1S/C19H19N5O2/c1-26-17-9-7-15(8-10-17)24-16(12-19(24)25)11-18-20-21-22-23(18)13-14-5-3-2-4-6-14/h2-10,16H,11-13H2,1H3. The van der Waals surface area contributed by atoms with E-state index in [1.165, 1.54) is 0 Å². The van der Waals surface area contributed by atoms with Crippen LogP contribution in [0.2, 0.25) is 0 Å². The molecule has 1 saturated heterocycles. The van der Waals surface area contributed by atoms with Crippen molar-refractivity contribution in [3.05, 3.63) is 66.0 Å². The Bertz CT molecular complexity index is 892. The van der Waals surface area contributed by atoms with Crippen LogP contribution in [0.5, 0.6) is 5.75 Å². The van der Waals surface area contributed by atoms with Crippen LogP contribution >= 0.6 is 0 Å². The molecule has 0 radical (unpaired) electrons. The second-order valence-corrected chi connectivity index (χ2v) is 6.26. The van der Waals surface area contributed by atoms with Gasteiger partial charge in [0, 0.05) is 18.5 Å². The van der Waals surface area contributed by atoms with Crippen molar-refractivity contribution in [3.63, 3.8) is 0 Å². The van der Waals surface area contributed by atoms with Crippen molar-refractivity contribution < 1.29 is 9.53 Å². The maximum absolute atomic E-state index is 12.1. The van der Waals surface area contributed by atoms with Gasteiger partial charge in [0.25, 0.3) is 0 Å². The van der Waals surface area contributed by atoms with Crippen LogP contribution in [0.1, 0.15) is 17.8 Å². The Morgan fingerprint density at radius 1 is 1.12 bits per heavy atom. The van der Waals surface area contributed by atoms with Gasteiger partial charge in [-0.15, -0.1) is 5.10 Å². The molecule has 2 aromatic carbocycles. The van der Waals surface area contributed by atoms with Gasteiger partial charge in [-0.25, -0.2) is 4.68 Å². The summed E-state index contributed by atoms with van der Waals surface area (Å²) in [6, 6.07) is 17.6.